The molecular formula is C16H17ClN2O4S2. The number of sulfonamides is 2. The maximum atomic E-state index is 12.5. The monoisotopic (exact) mass is 400 g/mol. The third kappa shape index (κ3) is 3.61. The number of hydrogen-bond acceptors (Lipinski definition) is 4. The summed E-state index contributed by atoms with van der Waals surface area (Å²) >= 11 is 5.99. The highest BCUT2D eigenvalue weighted by molar-refractivity contribution is 7.93. The highest BCUT2D eigenvalue weighted by atomic mass is 35.5. The van der Waals surface area contributed by atoms with Crippen LogP contribution >= 0.6 is 11.6 Å². The second-order valence-corrected chi connectivity index (χ2v) is 9.83. The van der Waals surface area contributed by atoms with Crippen LogP contribution in [0.1, 0.15) is 12.0 Å². The lowest BCUT2D eigenvalue weighted by molar-refractivity contribution is 0.598. The van der Waals surface area contributed by atoms with Crippen molar-refractivity contribution in [2.45, 2.75) is 18.2 Å². The van der Waals surface area contributed by atoms with E-state index in [0.29, 0.717) is 34.9 Å². The van der Waals surface area contributed by atoms with Gasteiger partial charge in [0.1, 0.15) is 0 Å². The van der Waals surface area contributed by atoms with Crippen LogP contribution in [0, 0.1) is 6.92 Å². The molecule has 25 heavy (non-hydrogen) atoms. The molecule has 0 spiro atoms. The molecule has 0 saturated carbocycles. The third-order valence-electron chi connectivity index (χ3n) is 4.01. The number of benzene rings is 2. The zero-order valence-corrected chi connectivity index (χ0v) is 15.8. The molecule has 6 nitrogen and oxygen atoms in total. The van der Waals surface area contributed by atoms with E-state index in [4.69, 9.17) is 11.6 Å². The molecule has 2 aromatic rings. The van der Waals surface area contributed by atoms with Crippen LogP contribution in [0.15, 0.2) is 47.4 Å². The minimum absolute atomic E-state index is 0.103. The molecule has 0 radical (unpaired) electrons. The lowest BCUT2D eigenvalue weighted by atomic mass is 10.2. The van der Waals surface area contributed by atoms with Crippen molar-refractivity contribution >= 4 is 43.0 Å². The second-order valence-electron chi connectivity index (χ2n) is 5.76. The van der Waals surface area contributed by atoms with Crippen molar-refractivity contribution in [3.8, 4) is 0 Å². The average Bonchev–Trinajstić information content (AvgIpc) is 2.89. The van der Waals surface area contributed by atoms with E-state index < -0.39 is 20.0 Å². The summed E-state index contributed by atoms with van der Waals surface area (Å²) in [6.07, 6.45) is 0.588. The van der Waals surface area contributed by atoms with Crippen LogP contribution in [-0.2, 0) is 20.0 Å². The molecule has 9 heteroatoms. The summed E-state index contributed by atoms with van der Waals surface area (Å²) in [5, 5.41) is 0.373. The maximum Gasteiger partial charge on any atom is 0.262 e. The highest BCUT2D eigenvalue weighted by Crippen LogP contribution is 2.28. The molecule has 1 N–H and O–H groups in total. The first kappa shape index (κ1) is 18.0. The molecule has 3 rings (SSSR count). The zero-order valence-electron chi connectivity index (χ0n) is 13.4. The summed E-state index contributed by atoms with van der Waals surface area (Å²) in [6.45, 7) is 2.08. The van der Waals surface area contributed by atoms with Crippen molar-refractivity contribution in [3.05, 3.63) is 53.1 Å². The number of anilines is 2. The van der Waals surface area contributed by atoms with Crippen LogP contribution in [-0.4, -0.2) is 29.1 Å². The Balaban J connectivity index is 1.85. The molecule has 0 amide bonds. The van der Waals surface area contributed by atoms with Crippen LogP contribution < -0.4 is 9.03 Å². The van der Waals surface area contributed by atoms with Gasteiger partial charge in [-0.3, -0.25) is 9.03 Å². The number of hydrogen-bond donors (Lipinski definition) is 1. The Morgan fingerprint density at radius 1 is 1.12 bits per heavy atom. The van der Waals surface area contributed by atoms with Gasteiger partial charge in [0.25, 0.3) is 10.0 Å². The number of halogens is 1. The lowest BCUT2D eigenvalue weighted by Crippen LogP contribution is -2.25. The van der Waals surface area contributed by atoms with E-state index >= 15 is 0 Å². The summed E-state index contributed by atoms with van der Waals surface area (Å²) in [5.74, 6) is 0.134. The van der Waals surface area contributed by atoms with Crippen LogP contribution in [0.5, 0.6) is 0 Å². The molecule has 1 aliphatic heterocycles. The molecule has 0 bridgehead atoms. The van der Waals surface area contributed by atoms with Gasteiger partial charge in [0.2, 0.25) is 10.0 Å². The summed E-state index contributed by atoms with van der Waals surface area (Å²) < 4.78 is 52.8. The van der Waals surface area contributed by atoms with E-state index in [1.165, 1.54) is 10.4 Å². The summed E-state index contributed by atoms with van der Waals surface area (Å²) in [5.41, 5.74) is 1.34. The summed E-state index contributed by atoms with van der Waals surface area (Å²) in [4.78, 5) is 0.103. The van der Waals surface area contributed by atoms with Crippen LogP contribution in [0.2, 0.25) is 5.02 Å². The molecule has 1 saturated heterocycles. The second kappa shape index (κ2) is 6.51. The summed E-state index contributed by atoms with van der Waals surface area (Å²) in [6, 6.07) is 10.9. The van der Waals surface area contributed by atoms with Gasteiger partial charge in [-0.15, -0.1) is 0 Å². The average molecular weight is 401 g/mol. The Kier molecular flexibility index (Phi) is 4.70. The molecule has 0 aromatic heterocycles. The molecule has 134 valence electrons. The Labute approximate surface area is 152 Å². The molecule has 1 heterocycles. The largest absolute Gasteiger partial charge is 0.280 e. The zero-order chi connectivity index (χ0) is 18.2. The van der Waals surface area contributed by atoms with Crippen molar-refractivity contribution in [1.29, 1.82) is 0 Å². The standard InChI is InChI=1S/C16H17ClN2O4S2/c1-12-15(17)4-2-5-16(12)25(22,23)18-13-6-8-14(9-7-13)19-10-3-11-24(19,20)21/h2,4-9,18H,3,10-11H2,1H3. The van der Waals surface area contributed by atoms with E-state index in [1.54, 1.807) is 43.3 Å². The molecule has 0 aliphatic carbocycles. The minimum Gasteiger partial charge on any atom is -0.280 e. The first-order chi connectivity index (χ1) is 11.7. The van der Waals surface area contributed by atoms with Gasteiger partial charge in [-0.05, 0) is 55.3 Å². The smallest absolute Gasteiger partial charge is 0.262 e. The van der Waals surface area contributed by atoms with Crippen LogP contribution in [0.4, 0.5) is 11.4 Å². The first-order valence-corrected chi connectivity index (χ1v) is 11.1. The van der Waals surface area contributed by atoms with Crippen molar-refractivity contribution in [1.82, 2.24) is 0 Å². The number of rotatable bonds is 4. The fourth-order valence-corrected chi connectivity index (χ4v) is 5.84. The Bertz CT molecular complexity index is 1000. The Hall–Kier alpha value is -1.77. The number of nitrogens with zero attached hydrogens (tertiary/aromatic N) is 1. The van der Waals surface area contributed by atoms with E-state index in [0.717, 1.165) is 0 Å². The fourth-order valence-electron chi connectivity index (χ4n) is 2.71. The van der Waals surface area contributed by atoms with Crippen LogP contribution in [0.25, 0.3) is 0 Å². The molecule has 0 atom stereocenters. The molecule has 0 unspecified atom stereocenters. The molecule has 1 fully saturated rings. The first-order valence-electron chi connectivity index (χ1n) is 7.59. The normalized spacial score (nSPS) is 16.8. The van der Waals surface area contributed by atoms with Gasteiger partial charge in [-0.25, -0.2) is 16.8 Å². The molecular weight excluding hydrogens is 384 g/mol. The van der Waals surface area contributed by atoms with Crippen LogP contribution in [0.3, 0.4) is 0 Å². The predicted molar refractivity (Wildman–Crippen MR) is 99.2 cm³/mol. The quantitative estimate of drug-likeness (QED) is 0.855. The predicted octanol–water partition coefficient (Wildman–Crippen LogP) is 2.99. The van der Waals surface area contributed by atoms with Crippen molar-refractivity contribution in [2.24, 2.45) is 0 Å². The Morgan fingerprint density at radius 2 is 1.80 bits per heavy atom. The van der Waals surface area contributed by atoms with Gasteiger partial charge in [-0.2, -0.15) is 0 Å². The van der Waals surface area contributed by atoms with Crippen molar-refractivity contribution in [2.75, 3.05) is 21.3 Å². The highest BCUT2D eigenvalue weighted by Gasteiger charge is 2.28. The number of nitrogens with one attached hydrogen (secondary N) is 1. The van der Waals surface area contributed by atoms with E-state index in [9.17, 15) is 16.8 Å². The molecule has 1 aliphatic rings. The Morgan fingerprint density at radius 3 is 2.40 bits per heavy atom. The van der Waals surface area contributed by atoms with E-state index in [2.05, 4.69) is 4.72 Å². The topological polar surface area (TPSA) is 83.6 Å². The van der Waals surface area contributed by atoms with Crippen molar-refractivity contribution in [3.63, 3.8) is 0 Å². The maximum absolute atomic E-state index is 12.5. The van der Waals surface area contributed by atoms with E-state index in [1.807, 2.05) is 0 Å². The van der Waals surface area contributed by atoms with Gasteiger partial charge < -0.3 is 0 Å². The van der Waals surface area contributed by atoms with Gasteiger partial charge in [0.05, 0.1) is 16.3 Å². The lowest BCUT2D eigenvalue weighted by Gasteiger charge is -2.17. The van der Waals surface area contributed by atoms with Gasteiger partial charge in [0.15, 0.2) is 0 Å². The fraction of sp³-hybridized carbons (Fsp3) is 0.250. The van der Waals surface area contributed by atoms with E-state index in [-0.39, 0.29) is 10.6 Å². The minimum atomic E-state index is -3.79. The van der Waals surface area contributed by atoms with Gasteiger partial charge in [0, 0.05) is 17.3 Å². The summed E-state index contributed by atoms with van der Waals surface area (Å²) in [7, 11) is -7.05. The van der Waals surface area contributed by atoms with Crippen molar-refractivity contribution < 1.29 is 16.8 Å². The SMILES string of the molecule is Cc1c(Cl)cccc1S(=O)(=O)Nc1ccc(N2CCCS2(=O)=O)cc1. The third-order valence-corrected chi connectivity index (χ3v) is 7.82. The van der Waals surface area contributed by atoms with Gasteiger partial charge in [-0.1, -0.05) is 17.7 Å². The van der Waals surface area contributed by atoms with Gasteiger partial charge >= 0.3 is 0 Å². The molecule has 2 aromatic carbocycles.